The molecule has 1 aliphatic rings. The molecule has 1 aliphatic heterocycles. The van der Waals surface area contributed by atoms with Crippen molar-refractivity contribution in [2.45, 2.75) is 273 Å². The summed E-state index contributed by atoms with van der Waals surface area (Å²) in [6.45, 7) is 66.6. The predicted octanol–water partition coefficient (Wildman–Crippen LogP) is 20.2. The summed E-state index contributed by atoms with van der Waals surface area (Å²) in [6, 6.07) is 8.14. The van der Waals surface area contributed by atoms with Crippen LogP contribution in [0.5, 0.6) is 11.5 Å². The first-order valence-electron chi connectivity index (χ1n) is 32.0. The predicted molar refractivity (Wildman–Crippen MR) is 369 cm³/mol. The van der Waals surface area contributed by atoms with Crippen molar-refractivity contribution in [1.29, 1.82) is 0 Å². The molecular formula is C77H124O12. The highest BCUT2D eigenvalue weighted by Crippen LogP contribution is 2.50. The third-order valence-corrected chi connectivity index (χ3v) is 15.0. The van der Waals surface area contributed by atoms with E-state index in [9.17, 15) is 34.5 Å². The number of fused-ring (bicyclic) bond motifs is 1. The van der Waals surface area contributed by atoms with Crippen LogP contribution in [-0.2, 0) is 68.1 Å². The molecule has 0 aromatic heterocycles. The van der Waals surface area contributed by atoms with Gasteiger partial charge >= 0.3 is 23.9 Å². The summed E-state index contributed by atoms with van der Waals surface area (Å²) < 4.78 is 23.2. The highest BCUT2D eigenvalue weighted by molar-refractivity contribution is 5.71. The lowest BCUT2D eigenvalue weighted by Gasteiger charge is -2.42. The lowest BCUT2D eigenvalue weighted by Crippen LogP contribution is -2.37. The van der Waals surface area contributed by atoms with Crippen LogP contribution < -0.4 is 4.74 Å². The molecule has 89 heavy (non-hydrogen) atoms. The molecule has 0 saturated carbocycles. The summed E-state index contributed by atoms with van der Waals surface area (Å²) >= 11 is 0. The summed E-state index contributed by atoms with van der Waals surface area (Å²) in [5.41, 5.74) is 7.32. The number of phenols is 1. The first-order valence-corrected chi connectivity index (χ1v) is 32.0. The van der Waals surface area contributed by atoms with E-state index in [4.69, 9.17) is 24.1 Å². The summed E-state index contributed by atoms with van der Waals surface area (Å²) in [5, 5.41) is 40.2. The maximum absolute atomic E-state index is 13.1. The second-order valence-corrected chi connectivity index (χ2v) is 32.3. The first-order chi connectivity index (χ1) is 40.2. The minimum absolute atomic E-state index is 0.0101. The fraction of sp³-hybridized carbons (Fsp3) is 0.636. The van der Waals surface area contributed by atoms with Crippen LogP contribution in [0.3, 0.4) is 0 Å². The van der Waals surface area contributed by atoms with Crippen LogP contribution >= 0.6 is 0 Å². The Morgan fingerprint density at radius 2 is 0.933 bits per heavy atom. The molecule has 1 unspecified atom stereocenters. The van der Waals surface area contributed by atoms with Gasteiger partial charge in [0.25, 0.3) is 0 Å². The number of ether oxygens (including phenoxy) is 4. The summed E-state index contributed by atoms with van der Waals surface area (Å²) in [4.78, 5) is 49.5. The molecule has 0 amide bonds. The Morgan fingerprint density at radius 1 is 0.539 bits per heavy atom. The zero-order valence-corrected chi connectivity index (χ0v) is 60.9. The Bertz CT molecular complexity index is 2780. The number of aliphatic carboxylic acids is 1. The maximum atomic E-state index is 13.1. The zero-order chi connectivity index (χ0) is 69.9. The monoisotopic (exact) mass is 1240 g/mol. The molecular weight excluding hydrogens is 1120 g/mol. The lowest BCUT2D eigenvalue weighted by atomic mass is 9.78. The number of carbonyl (C=O) groups excluding carboxylic acids is 3. The Balaban J connectivity index is 0.00000175. The fourth-order valence-corrected chi connectivity index (χ4v) is 9.22. The second-order valence-electron chi connectivity index (χ2n) is 32.3. The number of aliphatic hydroxyl groups is 2. The summed E-state index contributed by atoms with van der Waals surface area (Å²) in [5.74, 6) is 0.0395. The van der Waals surface area contributed by atoms with E-state index < -0.39 is 29.3 Å². The van der Waals surface area contributed by atoms with E-state index in [2.05, 4.69) is 115 Å². The molecule has 0 saturated heterocycles. The number of rotatable bonds is 23. The van der Waals surface area contributed by atoms with Crippen molar-refractivity contribution in [3.8, 4) is 11.5 Å². The van der Waals surface area contributed by atoms with Gasteiger partial charge in [0.2, 0.25) is 0 Å². The van der Waals surface area contributed by atoms with Crippen molar-refractivity contribution in [1.82, 2.24) is 0 Å². The molecule has 0 aliphatic carbocycles. The van der Waals surface area contributed by atoms with Crippen LogP contribution in [0.2, 0.25) is 0 Å². The third kappa shape index (κ3) is 30.6. The van der Waals surface area contributed by atoms with Gasteiger partial charge in [-0.05, 0) is 136 Å². The molecule has 0 radical (unpaired) electrons. The van der Waals surface area contributed by atoms with Crippen LogP contribution in [0.25, 0.3) is 0 Å². The molecule has 2 aromatic carbocycles. The van der Waals surface area contributed by atoms with E-state index in [0.717, 1.165) is 67.8 Å². The number of hydrogen-bond acceptors (Lipinski definition) is 11. The number of carboxylic acids is 1. The van der Waals surface area contributed by atoms with Gasteiger partial charge < -0.3 is 39.4 Å². The number of hydrogen-bond donors (Lipinski definition) is 4. The molecule has 0 bridgehead atoms. The Hall–Kier alpha value is -6.04. The number of carbonyl (C=O) groups is 4. The van der Waals surface area contributed by atoms with Crippen molar-refractivity contribution < 1.29 is 58.6 Å². The third-order valence-electron chi connectivity index (χ3n) is 15.0. The molecule has 1 atom stereocenters. The number of phenolic OH excluding ortho intramolecular Hbond substituents is 1. The van der Waals surface area contributed by atoms with Crippen LogP contribution in [-0.4, -0.2) is 64.1 Å². The SMILES string of the molecule is C/C(=C(/O)CC(C)(C)C)C(C)(C)C.C=C/C(=C\C(=C(\O)CC(C)(C)C)C(C)(C)C)CCC(=O)O.C=CC(=C)CCC(=O)OCC(C)(COC(=O)CCc1cc(C(C)(C)C)c(O)c(C(C)(C)C)c1)COC(=O)CCc1cc(C(C)(C)C)c2c(c1)C(C)(C)O2.CC. The van der Waals surface area contributed by atoms with E-state index in [1.165, 1.54) is 0 Å². The van der Waals surface area contributed by atoms with E-state index in [-0.39, 0.29) is 94.8 Å². The van der Waals surface area contributed by atoms with Gasteiger partial charge in [0, 0.05) is 49.7 Å². The van der Waals surface area contributed by atoms with Gasteiger partial charge in [-0.1, -0.05) is 221 Å². The molecule has 12 heteroatoms. The van der Waals surface area contributed by atoms with Gasteiger partial charge in [-0.3, -0.25) is 19.2 Å². The number of aromatic hydroxyl groups is 1. The second kappa shape index (κ2) is 33.9. The van der Waals surface area contributed by atoms with Gasteiger partial charge in [0.05, 0.1) is 16.9 Å². The zero-order valence-electron chi connectivity index (χ0n) is 60.9. The number of aliphatic hydroxyl groups excluding tert-OH is 2. The van der Waals surface area contributed by atoms with Gasteiger partial charge in [-0.15, -0.1) is 0 Å². The number of esters is 3. The Morgan fingerprint density at radius 3 is 1.28 bits per heavy atom. The van der Waals surface area contributed by atoms with Crippen molar-refractivity contribution in [2.75, 3.05) is 19.8 Å². The molecule has 504 valence electrons. The van der Waals surface area contributed by atoms with Crippen LogP contribution in [0.4, 0.5) is 0 Å². The minimum Gasteiger partial charge on any atom is -0.512 e. The lowest BCUT2D eigenvalue weighted by molar-refractivity contribution is -0.160. The van der Waals surface area contributed by atoms with E-state index in [0.29, 0.717) is 43.6 Å². The standard InChI is InChI=1S/C45H64O8.C18H30O3.C12H24O.C2H6/c1-15-29(2)16-19-36(46)50-26-45(14,27-51-37(47)20-17-30-22-32(41(3,4)5)39(49)33(23-30)42(6,7)8)28-52-38(48)21-18-31-24-34(43(9,10)11)40-35(25-31)44(12,13)53-40;1-8-13(9-10-16(20)21)11-14(18(5,6)7)15(19)12-17(2,3)4;1-9(12(5,6)7)10(13)8-11(2,3)4;1-2/h15,22-25,49H,1-2,16-21,26-28H2,3-14H3;8,11,19H,1,9-10,12H2,2-7H3,(H,20,21);13H,8H2,1-7H3;1-2H3/b;13-11+,15-14-;10-9-;. The van der Waals surface area contributed by atoms with E-state index in [1.54, 1.807) is 19.1 Å². The molecule has 0 spiro atoms. The molecule has 12 nitrogen and oxygen atoms in total. The fourth-order valence-electron chi connectivity index (χ4n) is 9.22. The average molecular weight is 1240 g/mol. The smallest absolute Gasteiger partial charge is 0.306 e. The normalized spacial score (nSPS) is 14.7. The van der Waals surface area contributed by atoms with Crippen molar-refractivity contribution in [3.63, 3.8) is 0 Å². The number of benzene rings is 2. The number of allylic oxidation sites excluding steroid dienone is 9. The van der Waals surface area contributed by atoms with Crippen LogP contribution in [0, 0.1) is 27.1 Å². The Kier molecular flexibility index (Phi) is 31.6. The van der Waals surface area contributed by atoms with Crippen LogP contribution in [0.15, 0.2) is 96.0 Å². The summed E-state index contributed by atoms with van der Waals surface area (Å²) in [6.07, 6.45) is 8.69. The van der Waals surface area contributed by atoms with Gasteiger partial charge in [-0.25, -0.2) is 0 Å². The van der Waals surface area contributed by atoms with E-state index in [1.807, 2.05) is 115 Å². The van der Waals surface area contributed by atoms with Gasteiger partial charge in [0.1, 0.15) is 36.9 Å². The number of aryl methyl sites for hydroxylation is 2. The highest BCUT2D eigenvalue weighted by atomic mass is 16.6. The molecule has 4 N–H and O–H groups in total. The highest BCUT2D eigenvalue weighted by Gasteiger charge is 2.41. The first kappa shape index (κ1) is 83.0. The molecule has 1 heterocycles. The molecule has 2 aromatic rings. The quantitative estimate of drug-likeness (QED) is 0.0358. The van der Waals surface area contributed by atoms with Crippen LogP contribution in [0.1, 0.15) is 272 Å². The van der Waals surface area contributed by atoms with Gasteiger partial charge in [0.15, 0.2) is 0 Å². The van der Waals surface area contributed by atoms with Crippen molar-refractivity contribution in [3.05, 3.63) is 129 Å². The average Bonchev–Trinajstić information content (AvgIpc) is 0.739. The Labute approximate surface area is 540 Å². The minimum atomic E-state index is -0.982. The number of carboxylic acid groups (broad SMARTS) is 1. The maximum Gasteiger partial charge on any atom is 0.306 e. The summed E-state index contributed by atoms with van der Waals surface area (Å²) in [7, 11) is 0. The van der Waals surface area contributed by atoms with Crippen molar-refractivity contribution >= 4 is 23.9 Å². The molecule has 0 fully saturated rings. The molecule has 3 rings (SSSR count). The van der Waals surface area contributed by atoms with Crippen molar-refractivity contribution in [2.24, 2.45) is 27.1 Å². The topological polar surface area (TPSA) is 186 Å². The van der Waals surface area contributed by atoms with Gasteiger partial charge in [-0.2, -0.15) is 0 Å². The van der Waals surface area contributed by atoms with E-state index >= 15 is 0 Å². The largest absolute Gasteiger partial charge is 0.512 e.